The van der Waals surface area contributed by atoms with Gasteiger partial charge in [0.05, 0.1) is 7.11 Å². The van der Waals surface area contributed by atoms with E-state index in [-0.39, 0.29) is 0 Å². The third-order valence-electron chi connectivity index (χ3n) is 3.11. The Hall–Kier alpha value is -1.96. The van der Waals surface area contributed by atoms with Crippen molar-refractivity contribution in [2.24, 2.45) is 0 Å². The molecule has 0 aromatic heterocycles. The molecule has 0 unspecified atom stereocenters. The fraction of sp³-hybridized carbons (Fsp3) is 0.125. The highest BCUT2D eigenvalue weighted by Crippen LogP contribution is 2.26. The van der Waals surface area contributed by atoms with Gasteiger partial charge in [-0.3, -0.25) is 0 Å². The first-order valence-corrected chi connectivity index (χ1v) is 6.03. The van der Waals surface area contributed by atoms with Gasteiger partial charge in [0.2, 0.25) is 0 Å². The monoisotopic (exact) mass is 236 g/mol. The predicted molar refractivity (Wildman–Crippen MR) is 80.5 cm³/mol. The third-order valence-corrected chi connectivity index (χ3v) is 3.11. The molecule has 0 saturated carbocycles. The van der Waals surface area contributed by atoms with Crippen molar-refractivity contribution in [3.8, 4) is 5.75 Å². The molecule has 0 aliphatic carbocycles. The molecule has 0 aliphatic heterocycles. The maximum atomic E-state index is 5.27. The molecular formula is C16H17BO. The quantitative estimate of drug-likeness (QED) is 0.743. The standard InChI is InChI=1S/C16H17BO/c1-11-9-14(7-8-16(11)18-3)12(2)13-5-4-6-15(17)10-13/h4-10H,2,17H2,1,3H3. The van der Waals surface area contributed by atoms with E-state index in [0.717, 1.165) is 22.4 Å². The number of hydrogen-bond acceptors (Lipinski definition) is 1. The van der Waals surface area contributed by atoms with Crippen molar-refractivity contribution in [3.63, 3.8) is 0 Å². The lowest BCUT2D eigenvalue weighted by atomic mass is 9.90. The summed E-state index contributed by atoms with van der Waals surface area (Å²) in [5.41, 5.74) is 5.73. The molecule has 90 valence electrons. The lowest BCUT2D eigenvalue weighted by molar-refractivity contribution is 0.411. The first kappa shape index (κ1) is 12.5. The van der Waals surface area contributed by atoms with Gasteiger partial charge in [-0.15, -0.1) is 0 Å². The highest BCUT2D eigenvalue weighted by atomic mass is 16.5. The molecule has 0 N–H and O–H groups in total. The zero-order valence-electron chi connectivity index (χ0n) is 11.2. The minimum atomic E-state index is 0.913. The van der Waals surface area contributed by atoms with Crippen LogP contribution in [0.5, 0.6) is 5.75 Å². The molecule has 0 radical (unpaired) electrons. The molecule has 1 nitrogen and oxygen atoms in total. The van der Waals surface area contributed by atoms with E-state index < -0.39 is 0 Å². The van der Waals surface area contributed by atoms with Crippen LogP contribution in [0.4, 0.5) is 0 Å². The summed E-state index contributed by atoms with van der Waals surface area (Å²) in [6.07, 6.45) is 0. The van der Waals surface area contributed by atoms with Crippen molar-refractivity contribution in [1.29, 1.82) is 0 Å². The summed E-state index contributed by atoms with van der Waals surface area (Å²) in [5.74, 6) is 0.913. The molecule has 0 atom stereocenters. The Kier molecular flexibility index (Phi) is 3.56. The molecule has 0 saturated heterocycles. The molecule has 0 heterocycles. The van der Waals surface area contributed by atoms with Crippen LogP contribution in [0.2, 0.25) is 0 Å². The summed E-state index contributed by atoms with van der Waals surface area (Å²) in [5, 5.41) is 0. The number of aryl methyl sites for hydroxylation is 1. The van der Waals surface area contributed by atoms with Gasteiger partial charge in [0.1, 0.15) is 13.6 Å². The largest absolute Gasteiger partial charge is 0.496 e. The molecule has 18 heavy (non-hydrogen) atoms. The van der Waals surface area contributed by atoms with Gasteiger partial charge < -0.3 is 4.74 Å². The number of benzene rings is 2. The number of hydrogen-bond donors (Lipinski definition) is 0. The molecule has 0 fully saturated rings. The van der Waals surface area contributed by atoms with Gasteiger partial charge in [-0.1, -0.05) is 42.4 Å². The van der Waals surface area contributed by atoms with Crippen molar-refractivity contribution in [2.45, 2.75) is 6.92 Å². The third kappa shape index (κ3) is 2.48. The summed E-state index contributed by atoms with van der Waals surface area (Å²) < 4.78 is 5.27. The first-order valence-electron chi connectivity index (χ1n) is 6.03. The Morgan fingerprint density at radius 2 is 1.83 bits per heavy atom. The van der Waals surface area contributed by atoms with Gasteiger partial charge in [-0.25, -0.2) is 0 Å². The van der Waals surface area contributed by atoms with Crippen LogP contribution < -0.4 is 10.2 Å². The average molecular weight is 236 g/mol. The molecule has 0 amide bonds. The summed E-state index contributed by atoms with van der Waals surface area (Å²) in [6, 6.07) is 14.6. The highest BCUT2D eigenvalue weighted by molar-refractivity contribution is 6.32. The summed E-state index contributed by atoms with van der Waals surface area (Å²) in [7, 11) is 3.79. The van der Waals surface area contributed by atoms with Crippen molar-refractivity contribution in [3.05, 3.63) is 65.7 Å². The molecule has 0 spiro atoms. The van der Waals surface area contributed by atoms with Crippen LogP contribution in [0.1, 0.15) is 16.7 Å². The van der Waals surface area contributed by atoms with Gasteiger partial charge in [-0.05, 0) is 41.3 Å². The second kappa shape index (κ2) is 5.13. The van der Waals surface area contributed by atoms with Crippen molar-refractivity contribution in [1.82, 2.24) is 0 Å². The Morgan fingerprint density at radius 1 is 1.11 bits per heavy atom. The van der Waals surface area contributed by atoms with E-state index in [9.17, 15) is 0 Å². The van der Waals surface area contributed by atoms with E-state index in [1.807, 2.05) is 13.0 Å². The maximum absolute atomic E-state index is 5.27. The molecule has 2 rings (SSSR count). The second-order valence-corrected chi connectivity index (χ2v) is 4.53. The fourth-order valence-electron chi connectivity index (χ4n) is 2.07. The predicted octanol–water partition coefficient (Wildman–Crippen LogP) is 2.32. The topological polar surface area (TPSA) is 9.23 Å². The molecule has 0 aliphatic rings. The maximum Gasteiger partial charge on any atom is 0.139 e. The van der Waals surface area contributed by atoms with Crippen LogP contribution in [0.25, 0.3) is 5.57 Å². The van der Waals surface area contributed by atoms with Crippen LogP contribution in [-0.4, -0.2) is 15.0 Å². The number of methoxy groups -OCH3 is 1. The van der Waals surface area contributed by atoms with Crippen LogP contribution in [0, 0.1) is 6.92 Å². The first-order chi connectivity index (χ1) is 8.61. The van der Waals surface area contributed by atoms with E-state index in [4.69, 9.17) is 4.74 Å². The molecule has 0 bridgehead atoms. The molecule has 2 aromatic carbocycles. The van der Waals surface area contributed by atoms with Gasteiger partial charge in [0.15, 0.2) is 0 Å². The normalized spacial score (nSPS) is 10.1. The van der Waals surface area contributed by atoms with E-state index >= 15 is 0 Å². The summed E-state index contributed by atoms with van der Waals surface area (Å²) in [6.45, 7) is 6.24. The van der Waals surface area contributed by atoms with E-state index in [0.29, 0.717) is 0 Å². The highest BCUT2D eigenvalue weighted by Gasteiger charge is 2.05. The average Bonchev–Trinajstić information content (AvgIpc) is 2.37. The van der Waals surface area contributed by atoms with E-state index in [1.165, 1.54) is 11.0 Å². The Morgan fingerprint density at radius 3 is 2.44 bits per heavy atom. The second-order valence-electron chi connectivity index (χ2n) is 4.53. The van der Waals surface area contributed by atoms with E-state index in [1.54, 1.807) is 7.11 Å². The number of rotatable bonds is 3. The van der Waals surface area contributed by atoms with Gasteiger partial charge in [-0.2, -0.15) is 0 Å². The van der Waals surface area contributed by atoms with Crippen LogP contribution in [0.15, 0.2) is 49.0 Å². The Balaban J connectivity index is 2.37. The van der Waals surface area contributed by atoms with Crippen LogP contribution in [0.3, 0.4) is 0 Å². The van der Waals surface area contributed by atoms with E-state index in [2.05, 4.69) is 50.8 Å². The van der Waals surface area contributed by atoms with Gasteiger partial charge in [0.25, 0.3) is 0 Å². The smallest absolute Gasteiger partial charge is 0.139 e. The van der Waals surface area contributed by atoms with Crippen molar-refractivity contribution in [2.75, 3.05) is 7.11 Å². The van der Waals surface area contributed by atoms with Crippen LogP contribution in [-0.2, 0) is 0 Å². The zero-order valence-corrected chi connectivity index (χ0v) is 11.2. The molecule has 2 aromatic rings. The molecule has 2 heteroatoms. The molecular weight excluding hydrogens is 219 g/mol. The van der Waals surface area contributed by atoms with Crippen molar-refractivity contribution >= 4 is 18.9 Å². The lowest BCUT2D eigenvalue weighted by Crippen LogP contribution is -2.02. The van der Waals surface area contributed by atoms with Crippen LogP contribution >= 0.6 is 0 Å². The summed E-state index contributed by atoms with van der Waals surface area (Å²) in [4.78, 5) is 0. The summed E-state index contributed by atoms with van der Waals surface area (Å²) >= 11 is 0. The SMILES string of the molecule is Bc1cccc(C(=C)c2ccc(OC)c(C)c2)c1. The fourth-order valence-corrected chi connectivity index (χ4v) is 2.07. The minimum Gasteiger partial charge on any atom is -0.496 e. The Labute approximate surface area is 110 Å². The van der Waals surface area contributed by atoms with Crippen molar-refractivity contribution < 1.29 is 4.74 Å². The Bertz CT molecular complexity index is 587. The lowest BCUT2D eigenvalue weighted by Gasteiger charge is -2.10. The van der Waals surface area contributed by atoms with Gasteiger partial charge in [0, 0.05) is 0 Å². The number of ether oxygens (including phenoxy) is 1. The van der Waals surface area contributed by atoms with Gasteiger partial charge >= 0.3 is 0 Å². The zero-order chi connectivity index (χ0) is 13.1. The minimum absolute atomic E-state index is 0.913.